The molecule has 1 aromatic rings. The van der Waals surface area contributed by atoms with Crippen molar-refractivity contribution < 1.29 is 14.3 Å². The summed E-state index contributed by atoms with van der Waals surface area (Å²) in [5, 5.41) is 8.13. The smallest absolute Gasteiger partial charge is 0.247 e. The van der Waals surface area contributed by atoms with E-state index in [9.17, 15) is 4.79 Å². The third kappa shape index (κ3) is 3.79. The Labute approximate surface area is 125 Å². The van der Waals surface area contributed by atoms with Crippen LogP contribution in [0.1, 0.15) is 51.6 Å². The van der Waals surface area contributed by atoms with E-state index in [1.807, 2.05) is 25.7 Å². The van der Waals surface area contributed by atoms with E-state index >= 15 is 0 Å². The molecule has 21 heavy (non-hydrogen) atoms. The average molecular weight is 296 g/mol. The van der Waals surface area contributed by atoms with Crippen LogP contribution in [0.25, 0.3) is 0 Å². The highest BCUT2D eigenvalue weighted by molar-refractivity contribution is 5.80. The van der Waals surface area contributed by atoms with E-state index in [1.165, 1.54) is 0 Å². The highest BCUT2D eigenvalue weighted by atomic mass is 16.7. The van der Waals surface area contributed by atoms with Gasteiger partial charge in [0.25, 0.3) is 0 Å². The largest absolute Gasteiger partial charge is 0.347 e. The molecule has 0 aliphatic carbocycles. The van der Waals surface area contributed by atoms with Crippen molar-refractivity contribution in [2.24, 2.45) is 0 Å². The lowest BCUT2D eigenvalue weighted by Gasteiger charge is -2.20. The fraction of sp³-hybridized carbons (Fsp3) is 0.786. The van der Waals surface area contributed by atoms with Gasteiger partial charge in [0, 0.05) is 26.3 Å². The average Bonchev–Trinajstić information content (AvgIpc) is 3.16. The molecule has 2 rings (SSSR count). The quantitative estimate of drug-likeness (QED) is 0.714. The number of ether oxygens (including phenoxy) is 2. The van der Waals surface area contributed by atoms with Gasteiger partial charge in [-0.2, -0.15) is 0 Å². The van der Waals surface area contributed by atoms with E-state index in [2.05, 4.69) is 10.3 Å². The van der Waals surface area contributed by atoms with Crippen LogP contribution in [0.4, 0.5) is 0 Å². The molecule has 0 radical (unpaired) electrons. The summed E-state index contributed by atoms with van der Waals surface area (Å²) >= 11 is 0. The maximum atomic E-state index is 12.4. The van der Waals surface area contributed by atoms with E-state index in [-0.39, 0.29) is 11.9 Å². The maximum absolute atomic E-state index is 12.4. The molecule has 1 aromatic heterocycles. The Morgan fingerprint density at radius 3 is 2.48 bits per heavy atom. The molecule has 7 nitrogen and oxygen atoms in total. The van der Waals surface area contributed by atoms with Crippen LogP contribution in [0, 0.1) is 0 Å². The third-order valence-corrected chi connectivity index (χ3v) is 3.58. The molecule has 0 spiro atoms. The predicted octanol–water partition coefficient (Wildman–Crippen LogP) is 1.53. The van der Waals surface area contributed by atoms with E-state index in [1.54, 1.807) is 10.9 Å². The number of nitrogens with zero attached hydrogens (tertiary/aromatic N) is 4. The van der Waals surface area contributed by atoms with E-state index in [0.717, 1.165) is 25.9 Å². The number of amides is 1. The van der Waals surface area contributed by atoms with Crippen molar-refractivity contribution in [2.75, 3.05) is 26.3 Å². The highest BCUT2D eigenvalue weighted by Gasteiger charge is 2.26. The molecule has 1 unspecified atom stereocenters. The number of hydrogen-bond donors (Lipinski definition) is 0. The molecule has 2 heterocycles. The number of carbonyl (C=O) groups excluding carboxylic acids is 1. The summed E-state index contributed by atoms with van der Waals surface area (Å²) < 4.78 is 12.6. The van der Waals surface area contributed by atoms with Crippen LogP contribution in [0.3, 0.4) is 0 Å². The van der Waals surface area contributed by atoms with Crippen LogP contribution in [0.2, 0.25) is 0 Å². The van der Waals surface area contributed by atoms with Crippen LogP contribution in [-0.2, 0) is 14.3 Å². The number of likely N-dealkylation sites (tertiary alicyclic amines) is 1. The van der Waals surface area contributed by atoms with Crippen LogP contribution in [0.5, 0.6) is 0 Å². The first-order valence-electron chi connectivity index (χ1n) is 7.61. The fourth-order valence-electron chi connectivity index (χ4n) is 2.42. The minimum absolute atomic E-state index is 0.0910. The number of carbonyl (C=O) groups is 1. The van der Waals surface area contributed by atoms with Crippen molar-refractivity contribution in [1.29, 1.82) is 0 Å². The summed E-state index contributed by atoms with van der Waals surface area (Å²) in [5.74, 6) is 0.0910. The summed E-state index contributed by atoms with van der Waals surface area (Å²) in [6.45, 7) is 8.37. The number of aromatic nitrogens is 3. The fourth-order valence-corrected chi connectivity index (χ4v) is 2.42. The SMILES string of the molecule is CCOC(OCC)c1cn(C(C)C(=O)N2CCCC2)nn1. The topological polar surface area (TPSA) is 69.5 Å². The molecular formula is C14H24N4O3. The lowest BCUT2D eigenvalue weighted by Crippen LogP contribution is -2.34. The van der Waals surface area contributed by atoms with E-state index in [4.69, 9.17) is 9.47 Å². The Bertz CT molecular complexity index is 451. The van der Waals surface area contributed by atoms with Crippen molar-refractivity contribution in [3.05, 3.63) is 11.9 Å². The van der Waals surface area contributed by atoms with Crippen molar-refractivity contribution in [2.45, 2.75) is 45.9 Å². The molecule has 1 aliphatic rings. The van der Waals surface area contributed by atoms with E-state index < -0.39 is 6.29 Å². The van der Waals surface area contributed by atoms with Gasteiger partial charge in [0.2, 0.25) is 12.2 Å². The lowest BCUT2D eigenvalue weighted by atomic mass is 10.3. The molecule has 1 aliphatic heterocycles. The monoisotopic (exact) mass is 296 g/mol. The van der Waals surface area contributed by atoms with Crippen molar-refractivity contribution in [3.8, 4) is 0 Å². The molecule has 1 saturated heterocycles. The minimum atomic E-state index is -0.525. The van der Waals surface area contributed by atoms with Gasteiger partial charge < -0.3 is 14.4 Å². The minimum Gasteiger partial charge on any atom is -0.347 e. The standard InChI is InChI=1S/C14H24N4O3/c1-4-20-14(21-5-2)12-10-18(16-15-12)11(3)13(19)17-8-6-7-9-17/h10-11,14H,4-9H2,1-3H3. The predicted molar refractivity (Wildman–Crippen MR) is 76.5 cm³/mol. The van der Waals surface area contributed by atoms with Gasteiger partial charge in [-0.3, -0.25) is 4.79 Å². The van der Waals surface area contributed by atoms with Crippen molar-refractivity contribution in [3.63, 3.8) is 0 Å². The molecule has 118 valence electrons. The molecule has 0 aromatic carbocycles. The maximum Gasteiger partial charge on any atom is 0.247 e. The Balaban J connectivity index is 2.05. The molecule has 0 bridgehead atoms. The Morgan fingerprint density at radius 1 is 1.29 bits per heavy atom. The van der Waals surface area contributed by atoms with Gasteiger partial charge in [-0.25, -0.2) is 4.68 Å². The summed E-state index contributed by atoms with van der Waals surface area (Å²) in [6.07, 6.45) is 3.37. The summed E-state index contributed by atoms with van der Waals surface area (Å²) in [6, 6.07) is -0.353. The van der Waals surface area contributed by atoms with Crippen molar-refractivity contribution in [1.82, 2.24) is 19.9 Å². The second-order valence-electron chi connectivity index (χ2n) is 5.07. The molecule has 1 fully saturated rings. The first-order chi connectivity index (χ1) is 10.2. The van der Waals surface area contributed by atoms with Crippen molar-refractivity contribution >= 4 is 5.91 Å². The number of rotatable bonds is 7. The number of hydrogen-bond acceptors (Lipinski definition) is 5. The van der Waals surface area contributed by atoms with Gasteiger partial charge in [-0.15, -0.1) is 5.10 Å². The second kappa shape index (κ2) is 7.51. The van der Waals surface area contributed by atoms with Gasteiger partial charge >= 0.3 is 0 Å². The molecule has 1 atom stereocenters. The lowest BCUT2D eigenvalue weighted by molar-refractivity contribution is -0.142. The molecular weight excluding hydrogens is 272 g/mol. The first-order valence-corrected chi connectivity index (χ1v) is 7.61. The van der Waals surface area contributed by atoms with Crippen LogP contribution < -0.4 is 0 Å². The molecule has 7 heteroatoms. The molecule has 0 saturated carbocycles. The third-order valence-electron chi connectivity index (χ3n) is 3.58. The first kappa shape index (κ1) is 15.9. The normalized spacial score (nSPS) is 16.7. The molecule has 0 N–H and O–H groups in total. The van der Waals surface area contributed by atoms with Crippen LogP contribution in [0.15, 0.2) is 6.20 Å². The Morgan fingerprint density at radius 2 is 1.90 bits per heavy atom. The zero-order valence-electron chi connectivity index (χ0n) is 13.0. The highest BCUT2D eigenvalue weighted by Crippen LogP contribution is 2.19. The van der Waals surface area contributed by atoms with E-state index in [0.29, 0.717) is 18.9 Å². The summed E-state index contributed by atoms with van der Waals surface area (Å²) in [7, 11) is 0. The van der Waals surface area contributed by atoms with Gasteiger partial charge in [-0.1, -0.05) is 5.21 Å². The van der Waals surface area contributed by atoms with Gasteiger partial charge in [0.15, 0.2) is 0 Å². The van der Waals surface area contributed by atoms with Gasteiger partial charge in [0.05, 0.1) is 6.20 Å². The Hall–Kier alpha value is -1.47. The zero-order chi connectivity index (χ0) is 15.2. The Kier molecular flexibility index (Phi) is 5.69. The molecule has 1 amide bonds. The van der Waals surface area contributed by atoms with Crippen LogP contribution >= 0.6 is 0 Å². The second-order valence-corrected chi connectivity index (χ2v) is 5.07. The summed E-state index contributed by atoms with van der Waals surface area (Å²) in [5.41, 5.74) is 0.597. The van der Waals surface area contributed by atoms with Crippen LogP contribution in [-0.4, -0.2) is 52.1 Å². The van der Waals surface area contributed by atoms with Gasteiger partial charge in [0.1, 0.15) is 11.7 Å². The summed E-state index contributed by atoms with van der Waals surface area (Å²) in [4.78, 5) is 14.2. The zero-order valence-corrected chi connectivity index (χ0v) is 13.0. The van der Waals surface area contributed by atoms with Gasteiger partial charge in [-0.05, 0) is 33.6 Å².